The first-order valence-corrected chi connectivity index (χ1v) is 5.91. The first-order valence-electron chi connectivity index (χ1n) is 5.91. The van der Waals surface area contributed by atoms with Crippen LogP contribution in [0.1, 0.15) is 18.5 Å². The molecule has 1 atom stereocenters. The number of amides is 1. The Bertz CT molecular complexity index is 407. The van der Waals surface area contributed by atoms with Crippen LogP contribution in [-0.2, 0) is 11.3 Å². The molecule has 0 radical (unpaired) electrons. The molecule has 0 aromatic carbocycles. The fourth-order valence-electron chi connectivity index (χ4n) is 2.17. The van der Waals surface area contributed by atoms with E-state index in [4.69, 9.17) is 11.5 Å². The van der Waals surface area contributed by atoms with Crippen LogP contribution in [0.25, 0.3) is 0 Å². The van der Waals surface area contributed by atoms with Crippen molar-refractivity contribution in [3.05, 3.63) is 23.9 Å². The molecule has 2 heterocycles. The average molecular weight is 234 g/mol. The van der Waals surface area contributed by atoms with Crippen molar-refractivity contribution >= 4 is 11.7 Å². The summed E-state index contributed by atoms with van der Waals surface area (Å²) >= 11 is 0. The third kappa shape index (κ3) is 2.74. The fraction of sp³-hybridized carbons (Fsp3) is 0.500. The summed E-state index contributed by atoms with van der Waals surface area (Å²) in [5.41, 5.74) is 11.8. The Morgan fingerprint density at radius 1 is 1.53 bits per heavy atom. The summed E-state index contributed by atoms with van der Waals surface area (Å²) in [6.07, 6.45) is 1.85. The summed E-state index contributed by atoms with van der Waals surface area (Å²) in [6, 6.07) is 5.79. The van der Waals surface area contributed by atoms with Crippen molar-refractivity contribution in [1.82, 2.24) is 4.98 Å². The molecular weight excluding hydrogens is 216 g/mol. The van der Waals surface area contributed by atoms with Gasteiger partial charge in [-0.15, -0.1) is 0 Å². The minimum Gasteiger partial charge on any atom is -0.369 e. The SMILES string of the molecule is NCc1cccc(N2CCCC(C(N)=O)C2)n1. The standard InChI is InChI=1S/C12H18N4O/c13-7-10-4-1-5-11(15-10)16-6-2-3-9(8-16)12(14)17/h1,4-5,9H,2-3,6-8,13H2,(H2,14,17). The molecule has 1 aromatic rings. The molecule has 0 saturated carbocycles. The minimum atomic E-state index is -0.218. The summed E-state index contributed by atoms with van der Waals surface area (Å²) in [6.45, 7) is 2.02. The van der Waals surface area contributed by atoms with Gasteiger partial charge in [0.25, 0.3) is 0 Å². The maximum atomic E-state index is 11.2. The molecule has 1 fully saturated rings. The van der Waals surface area contributed by atoms with E-state index in [1.165, 1.54) is 0 Å². The molecule has 0 bridgehead atoms. The molecule has 0 spiro atoms. The molecule has 1 aliphatic heterocycles. The van der Waals surface area contributed by atoms with E-state index in [1.54, 1.807) is 0 Å². The number of carbonyl (C=O) groups is 1. The second-order valence-corrected chi connectivity index (χ2v) is 4.38. The Morgan fingerprint density at radius 2 is 2.35 bits per heavy atom. The first kappa shape index (κ1) is 11.9. The summed E-state index contributed by atoms with van der Waals surface area (Å²) in [5.74, 6) is 0.607. The van der Waals surface area contributed by atoms with E-state index in [-0.39, 0.29) is 11.8 Å². The van der Waals surface area contributed by atoms with Gasteiger partial charge in [-0.1, -0.05) is 6.07 Å². The third-order valence-electron chi connectivity index (χ3n) is 3.15. The van der Waals surface area contributed by atoms with Crippen LogP contribution in [0.3, 0.4) is 0 Å². The maximum Gasteiger partial charge on any atom is 0.222 e. The van der Waals surface area contributed by atoms with Gasteiger partial charge in [0.05, 0.1) is 11.6 Å². The lowest BCUT2D eigenvalue weighted by Crippen LogP contribution is -2.41. The predicted octanol–water partition coefficient (Wildman–Crippen LogP) is 0.242. The maximum absolute atomic E-state index is 11.2. The molecule has 5 heteroatoms. The Morgan fingerprint density at radius 3 is 3.06 bits per heavy atom. The molecule has 1 amide bonds. The number of nitrogens with two attached hydrogens (primary N) is 2. The molecular formula is C12H18N4O. The zero-order valence-corrected chi connectivity index (χ0v) is 9.80. The molecule has 5 nitrogen and oxygen atoms in total. The van der Waals surface area contributed by atoms with E-state index in [1.807, 2.05) is 18.2 Å². The molecule has 4 N–H and O–H groups in total. The minimum absolute atomic E-state index is 0.0629. The highest BCUT2D eigenvalue weighted by Crippen LogP contribution is 2.21. The summed E-state index contributed by atoms with van der Waals surface area (Å²) in [5, 5.41) is 0. The highest BCUT2D eigenvalue weighted by Gasteiger charge is 2.24. The number of pyridine rings is 1. The predicted molar refractivity (Wildman–Crippen MR) is 66.3 cm³/mol. The van der Waals surface area contributed by atoms with Gasteiger partial charge in [-0.25, -0.2) is 4.98 Å². The Labute approximate surface area is 101 Å². The van der Waals surface area contributed by atoms with Gasteiger partial charge in [-0.2, -0.15) is 0 Å². The second kappa shape index (κ2) is 5.14. The number of carbonyl (C=O) groups excluding carboxylic acids is 1. The van der Waals surface area contributed by atoms with Crippen molar-refractivity contribution in [1.29, 1.82) is 0 Å². The van der Waals surface area contributed by atoms with Gasteiger partial charge < -0.3 is 16.4 Å². The number of aromatic nitrogens is 1. The van der Waals surface area contributed by atoms with Crippen LogP contribution in [-0.4, -0.2) is 24.0 Å². The molecule has 2 rings (SSSR count). The quantitative estimate of drug-likeness (QED) is 0.784. The highest BCUT2D eigenvalue weighted by atomic mass is 16.1. The lowest BCUT2D eigenvalue weighted by Gasteiger charge is -2.32. The third-order valence-corrected chi connectivity index (χ3v) is 3.15. The van der Waals surface area contributed by atoms with E-state index in [0.717, 1.165) is 30.9 Å². The van der Waals surface area contributed by atoms with Crippen molar-refractivity contribution < 1.29 is 4.79 Å². The molecule has 1 saturated heterocycles. The van der Waals surface area contributed by atoms with Crippen LogP contribution < -0.4 is 16.4 Å². The number of hydrogen-bond donors (Lipinski definition) is 2. The van der Waals surface area contributed by atoms with Gasteiger partial charge in [0.2, 0.25) is 5.91 Å². The lowest BCUT2D eigenvalue weighted by molar-refractivity contribution is -0.122. The number of hydrogen-bond acceptors (Lipinski definition) is 4. The van der Waals surface area contributed by atoms with Crippen LogP contribution in [0, 0.1) is 5.92 Å². The Kier molecular flexibility index (Phi) is 3.58. The number of primary amides is 1. The summed E-state index contributed by atoms with van der Waals surface area (Å²) < 4.78 is 0. The van der Waals surface area contributed by atoms with Crippen LogP contribution in [0.5, 0.6) is 0 Å². The monoisotopic (exact) mass is 234 g/mol. The van der Waals surface area contributed by atoms with Gasteiger partial charge >= 0.3 is 0 Å². The van der Waals surface area contributed by atoms with Gasteiger partial charge in [0.15, 0.2) is 0 Å². The van der Waals surface area contributed by atoms with Crippen molar-refractivity contribution in [2.75, 3.05) is 18.0 Å². The van der Waals surface area contributed by atoms with Crippen molar-refractivity contribution in [2.45, 2.75) is 19.4 Å². The topological polar surface area (TPSA) is 85.2 Å². The van der Waals surface area contributed by atoms with Crippen LogP contribution >= 0.6 is 0 Å². The number of piperidine rings is 1. The van der Waals surface area contributed by atoms with E-state index >= 15 is 0 Å². The lowest BCUT2D eigenvalue weighted by atomic mass is 9.97. The fourth-order valence-corrected chi connectivity index (χ4v) is 2.17. The molecule has 17 heavy (non-hydrogen) atoms. The van der Waals surface area contributed by atoms with Gasteiger partial charge in [-0.05, 0) is 25.0 Å². The number of rotatable bonds is 3. The van der Waals surface area contributed by atoms with E-state index < -0.39 is 0 Å². The van der Waals surface area contributed by atoms with Gasteiger partial charge in [0.1, 0.15) is 5.82 Å². The number of nitrogens with zero attached hydrogens (tertiary/aromatic N) is 2. The van der Waals surface area contributed by atoms with Crippen molar-refractivity contribution in [3.63, 3.8) is 0 Å². The summed E-state index contributed by atoms with van der Waals surface area (Å²) in [7, 11) is 0. The Balaban J connectivity index is 2.13. The smallest absolute Gasteiger partial charge is 0.222 e. The van der Waals surface area contributed by atoms with Crippen LogP contribution in [0.4, 0.5) is 5.82 Å². The van der Waals surface area contributed by atoms with Crippen LogP contribution in [0.15, 0.2) is 18.2 Å². The molecule has 0 aliphatic carbocycles. The zero-order chi connectivity index (χ0) is 12.3. The van der Waals surface area contributed by atoms with E-state index in [0.29, 0.717) is 13.1 Å². The Hall–Kier alpha value is -1.62. The normalized spacial score (nSPS) is 20.3. The molecule has 1 unspecified atom stereocenters. The second-order valence-electron chi connectivity index (χ2n) is 4.38. The van der Waals surface area contributed by atoms with Crippen molar-refractivity contribution in [3.8, 4) is 0 Å². The average Bonchev–Trinajstić information content (AvgIpc) is 2.39. The van der Waals surface area contributed by atoms with Gasteiger partial charge in [-0.3, -0.25) is 4.79 Å². The largest absolute Gasteiger partial charge is 0.369 e. The number of anilines is 1. The molecule has 1 aliphatic rings. The zero-order valence-electron chi connectivity index (χ0n) is 9.80. The van der Waals surface area contributed by atoms with Crippen LogP contribution in [0.2, 0.25) is 0 Å². The van der Waals surface area contributed by atoms with Gasteiger partial charge in [0, 0.05) is 19.6 Å². The summed E-state index contributed by atoms with van der Waals surface area (Å²) in [4.78, 5) is 17.8. The highest BCUT2D eigenvalue weighted by molar-refractivity contribution is 5.77. The van der Waals surface area contributed by atoms with E-state index in [2.05, 4.69) is 9.88 Å². The van der Waals surface area contributed by atoms with Crippen molar-refractivity contribution in [2.24, 2.45) is 17.4 Å². The van der Waals surface area contributed by atoms with E-state index in [9.17, 15) is 4.79 Å². The first-order chi connectivity index (χ1) is 8.20. The molecule has 92 valence electrons. The molecule has 1 aromatic heterocycles.